The Kier molecular flexibility index (Phi) is 4.90. The highest BCUT2D eigenvalue weighted by Crippen LogP contribution is 2.27. The molecule has 17 heavy (non-hydrogen) atoms. The van der Waals surface area contributed by atoms with Gasteiger partial charge in [-0.1, -0.05) is 37.6 Å². The van der Waals surface area contributed by atoms with Gasteiger partial charge in [0.1, 0.15) is 11.9 Å². The predicted octanol–water partition coefficient (Wildman–Crippen LogP) is 2.95. The lowest BCUT2D eigenvalue weighted by Crippen LogP contribution is -2.34. The Labute approximate surface area is 105 Å². The normalized spacial score (nSPS) is 12.8. The summed E-state index contributed by atoms with van der Waals surface area (Å²) < 4.78 is 13.8. The van der Waals surface area contributed by atoms with Gasteiger partial charge in [-0.05, 0) is 19.2 Å². The van der Waals surface area contributed by atoms with E-state index in [1.54, 1.807) is 11.0 Å². The second kappa shape index (κ2) is 5.98. The highest BCUT2D eigenvalue weighted by atomic mass is 35.5. The van der Waals surface area contributed by atoms with Crippen LogP contribution in [-0.2, 0) is 4.79 Å². The van der Waals surface area contributed by atoms with Gasteiger partial charge in [0.25, 0.3) is 0 Å². The summed E-state index contributed by atoms with van der Waals surface area (Å²) in [7, 11) is 0. The molecule has 0 heterocycles. The number of rotatable bonds is 5. The van der Waals surface area contributed by atoms with E-state index in [1.165, 1.54) is 12.1 Å². The molecule has 0 aliphatic rings. The van der Waals surface area contributed by atoms with Crippen LogP contribution in [0.2, 0.25) is 5.02 Å². The Bertz CT molecular complexity index is 407. The van der Waals surface area contributed by atoms with Gasteiger partial charge in [0.2, 0.25) is 0 Å². The maximum Gasteiger partial charge on any atom is 0.325 e. The van der Waals surface area contributed by atoms with Crippen molar-refractivity contribution < 1.29 is 14.3 Å². The molecule has 0 radical (unpaired) electrons. The minimum absolute atomic E-state index is 0.0547. The molecule has 0 saturated carbocycles. The number of hydrogen-bond acceptors (Lipinski definition) is 2. The number of carboxylic acid groups (broad SMARTS) is 1. The van der Waals surface area contributed by atoms with Crippen LogP contribution in [0.15, 0.2) is 18.2 Å². The molecule has 1 aromatic carbocycles. The molecule has 3 nitrogen and oxygen atoms in total. The largest absolute Gasteiger partial charge is 0.480 e. The molecule has 1 N–H and O–H groups in total. The van der Waals surface area contributed by atoms with E-state index < -0.39 is 17.8 Å². The van der Waals surface area contributed by atoms with Gasteiger partial charge in [0.05, 0.1) is 5.02 Å². The van der Waals surface area contributed by atoms with Gasteiger partial charge in [0, 0.05) is 5.56 Å². The van der Waals surface area contributed by atoms with Gasteiger partial charge >= 0.3 is 5.97 Å². The summed E-state index contributed by atoms with van der Waals surface area (Å²) in [6.07, 6.45) is 0. The third kappa shape index (κ3) is 2.96. The summed E-state index contributed by atoms with van der Waals surface area (Å²) in [5, 5.41) is 9.17. The number of carbonyl (C=O) groups is 1. The molecule has 0 spiro atoms. The smallest absolute Gasteiger partial charge is 0.325 e. The van der Waals surface area contributed by atoms with Crippen LogP contribution in [0.1, 0.15) is 25.5 Å². The second-order valence-electron chi connectivity index (χ2n) is 3.61. The van der Waals surface area contributed by atoms with Crippen LogP contribution >= 0.6 is 11.6 Å². The number of likely N-dealkylation sites (N-methyl/N-ethyl adjacent to an activating group) is 1. The standard InChI is InChI=1S/C12H15ClFNO2/c1-3-15(4-2)11(12(16)17)8-6-5-7-9(13)10(8)14/h5-7,11H,3-4H2,1-2H3,(H,16,17). The molecule has 1 atom stereocenters. The van der Waals surface area contributed by atoms with E-state index in [0.29, 0.717) is 13.1 Å². The average molecular weight is 260 g/mol. The fourth-order valence-corrected chi connectivity index (χ4v) is 1.99. The molecule has 0 aliphatic heterocycles. The zero-order chi connectivity index (χ0) is 13.0. The van der Waals surface area contributed by atoms with Crippen molar-refractivity contribution in [3.63, 3.8) is 0 Å². The fraction of sp³-hybridized carbons (Fsp3) is 0.417. The molecule has 0 fully saturated rings. The Balaban J connectivity index is 3.23. The molecule has 1 unspecified atom stereocenters. The molecule has 94 valence electrons. The Morgan fingerprint density at radius 1 is 1.47 bits per heavy atom. The molecule has 0 aromatic heterocycles. The van der Waals surface area contributed by atoms with Gasteiger partial charge in [-0.25, -0.2) is 4.39 Å². The fourth-order valence-electron chi connectivity index (χ4n) is 1.81. The van der Waals surface area contributed by atoms with Gasteiger partial charge < -0.3 is 5.11 Å². The van der Waals surface area contributed by atoms with E-state index in [2.05, 4.69) is 0 Å². The number of halogens is 2. The van der Waals surface area contributed by atoms with E-state index in [0.717, 1.165) is 0 Å². The van der Waals surface area contributed by atoms with Crippen LogP contribution in [-0.4, -0.2) is 29.1 Å². The van der Waals surface area contributed by atoms with Crippen molar-refractivity contribution >= 4 is 17.6 Å². The maximum absolute atomic E-state index is 13.8. The summed E-state index contributed by atoms with van der Waals surface area (Å²) in [5.74, 6) is -1.73. The Hall–Kier alpha value is -1.13. The molecule has 0 saturated heterocycles. The van der Waals surface area contributed by atoms with Crippen LogP contribution in [0.5, 0.6) is 0 Å². The summed E-state index contributed by atoms with van der Waals surface area (Å²) in [6, 6.07) is 3.42. The van der Waals surface area contributed by atoms with Gasteiger partial charge in [0.15, 0.2) is 0 Å². The zero-order valence-electron chi connectivity index (χ0n) is 9.78. The lowest BCUT2D eigenvalue weighted by Gasteiger charge is -2.26. The average Bonchev–Trinajstić information content (AvgIpc) is 2.30. The molecule has 0 bridgehead atoms. The topological polar surface area (TPSA) is 40.5 Å². The molecule has 5 heteroatoms. The van der Waals surface area contributed by atoms with Crippen LogP contribution in [0.25, 0.3) is 0 Å². The van der Waals surface area contributed by atoms with Crippen molar-refractivity contribution in [2.24, 2.45) is 0 Å². The minimum atomic E-state index is -1.07. The zero-order valence-corrected chi connectivity index (χ0v) is 10.5. The first-order chi connectivity index (χ1) is 8.02. The van der Waals surface area contributed by atoms with Crippen molar-refractivity contribution in [1.82, 2.24) is 4.90 Å². The molecule has 1 aromatic rings. The third-order valence-electron chi connectivity index (χ3n) is 2.69. The minimum Gasteiger partial charge on any atom is -0.480 e. The lowest BCUT2D eigenvalue weighted by molar-refractivity contribution is -0.143. The molecule has 1 rings (SSSR count). The number of nitrogens with zero attached hydrogens (tertiary/aromatic N) is 1. The maximum atomic E-state index is 13.8. The van der Waals surface area contributed by atoms with Gasteiger partial charge in [-0.2, -0.15) is 0 Å². The first-order valence-electron chi connectivity index (χ1n) is 5.43. The Morgan fingerprint density at radius 2 is 2.06 bits per heavy atom. The van der Waals surface area contributed by atoms with E-state index >= 15 is 0 Å². The quantitative estimate of drug-likeness (QED) is 0.884. The van der Waals surface area contributed by atoms with Crippen molar-refractivity contribution in [3.8, 4) is 0 Å². The highest BCUT2D eigenvalue weighted by Gasteiger charge is 2.28. The number of carboxylic acids is 1. The molecule has 0 amide bonds. The summed E-state index contributed by atoms with van der Waals surface area (Å²) in [4.78, 5) is 12.9. The van der Waals surface area contributed by atoms with Crippen molar-refractivity contribution in [3.05, 3.63) is 34.6 Å². The second-order valence-corrected chi connectivity index (χ2v) is 4.01. The van der Waals surface area contributed by atoms with Gasteiger partial charge in [-0.3, -0.25) is 9.69 Å². The Morgan fingerprint density at radius 3 is 2.53 bits per heavy atom. The van der Waals surface area contributed by atoms with Crippen LogP contribution in [0.4, 0.5) is 4.39 Å². The third-order valence-corrected chi connectivity index (χ3v) is 2.98. The van der Waals surface area contributed by atoms with Crippen LogP contribution in [0.3, 0.4) is 0 Å². The van der Waals surface area contributed by atoms with E-state index in [-0.39, 0.29) is 10.6 Å². The van der Waals surface area contributed by atoms with E-state index in [4.69, 9.17) is 11.6 Å². The first kappa shape index (κ1) is 13.9. The van der Waals surface area contributed by atoms with E-state index in [1.807, 2.05) is 13.8 Å². The van der Waals surface area contributed by atoms with E-state index in [9.17, 15) is 14.3 Å². The summed E-state index contributed by atoms with van der Waals surface area (Å²) >= 11 is 5.67. The van der Waals surface area contributed by atoms with Crippen LogP contribution in [0, 0.1) is 5.82 Å². The number of benzene rings is 1. The lowest BCUT2D eigenvalue weighted by atomic mass is 10.0. The van der Waals surface area contributed by atoms with Crippen LogP contribution < -0.4 is 0 Å². The summed E-state index contributed by atoms with van der Waals surface area (Å²) in [6.45, 7) is 4.72. The SMILES string of the molecule is CCN(CC)C(C(=O)O)c1cccc(Cl)c1F. The molecular formula is C12H15ClFNO2. The van der Waals surface area contributed by atoms with Crippen molar-refractivity contribution in [2.75, 3.05) is 13.1 Å². The van der Waals surface area contributed by atoms with Crippen molar-refractivity contribution in [1.29, 1.82) is 0 Å². The monoisotopic (exact) mass is 259 g/mol. The number of aliphatic carboxylic acids is 1. The first-order valence-corrected chi connectivity index (χ1v) is 5.81. The number of hydrogen-bond donors (Lipinski definition) is 1. The highest BCUT2D eigenvalue weighted by molar-refractivity contribution is 6.30. The predicted molar refractivity (Wildman–Crippen MR) is 64.7 cm³/mol. The molecule has 0 aliphatic carbocycles. The molecular weight excluding hydrogens is 245 g/mol. The summed E-state index contributed by atoms with van der Waals surface area (Å²) in [5.41, 5.74) is 0.105. The van der Waals surface area contributed by atoms with Crippen molar-refractivity contribution in [2.45, 2.75) is 19.9 Å². The van der Waals surface area contributed by atoms with Gasteiger partial charge in [-0.15, -0.1) is 0 Å².